The zero-order valence-corrected chi connectivity index (χ0v) is 21.9. The molecule has 0 aliphatic heterocycles. The maximum absolute atomic E-state index is 12.6. The van der Waals surface area contributed by atoms with Crippen molar-refractivity contribution in [2.75, 3.05) is 0 Å². The summed E-state index contributed by atoms with van der Waals surface area (Å²) in [6, 6.07) is 3.18. The second kappa shape index (κ2) is 8.72. The average Bonchev–Trinajstić information content (AvgIpc) is 3.10. The summed E-state index contributed by atoms with van der Waals surface area (Å²) in [5.74, 6) is 1.74. The summed E-state index contributed by atoms with van der Waals surface area (Å²) in [5, 5.41) is 15.6. The Balaban J connectivity index is 1.33. The van der Waals surface area contributed by atoms with E-state index in [0.29, 0.717) is 17.8 Å². The van der Waals surface area contributed by atoms with Gasteiger partial charge in [0.05, 0.1) is 17.9 Å². The molecule has 0 saturated heterocycles. The van der Waals surface area contributed by atoms with Gasteiger partial charge >= 0.3 is 5.63 Å². The molecular weight excluding hydrogens is 440 g/mol. The highest BCUT2D eigenvalue weighted by molar-refractivity contribution is 5.82. The molecule has 4 aliphatic rings. The van der Waals surface area contributed by atoms with E-state index in [2.05, 4.69) is 19.2 Å². The smallest absolute Gasteiger partial charge is 0.335 e. The molecule has 1 aromatic heterocycles. The molecule has 35 heavy (non-hydrogen) atoms. The zero-order chi connectivity index (χ0) is 25.2. The Bertz CT molecular complexity index is 1000. The van der Waals surface area contributed by atoms with Crippen molar-refractivity contribution in [3.05, 3.63) is 34.4 Å². The third kappa shape index (κ3) is 3.81. The highest BCUT2D eigenvalue weighted by Gasteiger charge is 2.67. The van der Waals surface area contributed by atoms with Gasteiger partial charge in [-0.15, -0.1) is 0 Å². The molecule has 5 rings (SSSR count). The summed E-state index contributed by atoms with van der Waals surface area (Å²) in [4.78, 5) is 24.1. The van der Waals surface area contributed by atoms with Crippen molar-refractivity contribution in [2.45, 2.75) is 109 Å². The fraction of sp³-hybridized carbons (Fsp3) is 0.793. The first-order chi connectivity index (χ1) is 16.5. The van der Waals surface area contributed by atoms with Gasteiger partial charge in [-0.1, -0.05) is 27.7 Å². The van der Waals surface area contributed by atoms with Crippen LogP contribution in [-0.2, 0) is 4.79 Å². The molecule has 0 bridgehead atoms. The number of aliphatic hydroxyl groups is 1. The molecule has 4 saturated carbocycles. The van der Waals surface area contributed by atoms with Crippen molar-refractivity contribution >= 4 is 5.91 Å². The van der Waals surface area contributed by atoms with Crippen molar-refractivity contribution in [2.24, 2.45) is 40.2 Å². The lowest BCUT2D eigenvalue weighted by Crippen LogP contribution is -2.62. The molecule has 1 amide bonds. The van der Waals surface area contributed by atoms with Crippen LogP contribution in [0.25, 0.3) is 0 Å². The summed E-state index contributed by atoms with van der Waals surface area (Å²) in [7, 11) is 0. The lowest BCUT2D eigenvalue weighted by Gasteiger charge is -2.63. The molecule has 9 atom stereocenters. The maximum atomic E-state index is 12.6. The monoisotopic (exact) mass is 484 g/mol. The van der Waals surface area contributed by atoms with Gasteiger partial charge in [-0.3, -0.25) is 4.79 Å². The zero-order valence-electron chi connectivity index (χ0n) is 21.9. The maximum Gasteiger partial charge on any atom is 0.335 e. The van der Waals surface area contributed by atoms with Crippen LogP contribution in [0.4, 0.5) is 0 Å². The van der Waals surface area contributed by atoms with E-state index in [0.717, 1.165) is 63.4 Å². The summed E-state index contributed by atoms with van der Waals surface area (Å²) in [6.07, 6.45) is 10.8. The molecule has 0 spiro atoms. The summed E-state index contributed by atoms with van der Waals surface area (Å²) in [6.45, 7) is 8.74. The van der Waals surface area contributed by atoms with Crippen LogP contribution in [0.15, 0.2) is 27.6 Å². The standard InChI is InChI=1S/C29H44N2O4/c1-17(2)25(30)26(33)31-20-9-12-27(3)19(15-20)6-7-23-22(27)10-13-28(4)21(11-14-29(23,28)34)18-5-8-24(32)35-16-18/h5,8,16-17,19-23,25,34H,6-7,9-15,30H2,1-4H3,(H,31,33)/t19-,20+,21-,22+,23-,25?,27+,28-,29+/m1/s1. The second-order valence-electron chi connectivity index (χ2n) is 13.1. The van der Waals surface area contributed by atoms with Crippen LogP contribution < -0.4 is 16.7 Å². The fourth-order valence-electron chi connectivity index (χ4n) is 9.06. The van der Waals surface area contributed by atoms with Gasteiger partial charge in [0.1, 0.15) is 0 Å². The lowest BCUT2D eigenvalue weighted by molar-refractivity contribution is -0.202. The predicted octanol–water partition coefficient (Wildman–Crippen LogP) is 4.35. The third-order valence-electron chi connectivity index (χ3n) is 11.3. The van der Waals surface area contributed by atoms with E-state index in [1.54, 1.807) is 6.26 Å². The molecule has 6 heteroatoms. The molecule has 1 unspecified atom stereocenters. The van der Waals surface area contributed by atoms with Crippen molar-refractivity contribution in [1.29, 1.82) is 0 Å². The first kappa shape index (κ1) is 25.0. The molecule has 0 aromatic carbocycles. The topological polar surface area (TPSA) is 106 Å². The van der Waals surface area contributed by atoms with E-state index in [4.69, 9.17) is 10.2 Å². The normalized spacial score (nSPS) is 43.7. The Morgan fingerprint density at radius 1 is 1.09 bits per heavy atom. The third-order valence-corrected chi connectivity index (χ3v) is 11.3. The Hall–Kier alpha value is -1.66. The van der Waals surface area contributed by atoms with Crippen molar-refractivity contribution in [3.8, 4) is 0 Å². The van der Waals surface area contributed by atoms with Crippen LogP contribution in [0.1, 0.15) is 97.0 Å². The van der Waals surface area contributed by atoms with Crippen molar-refractivity contribution in [3.63, 3.8) is 0 Å². The van der Waals surface area contributed by atoms with Crippen LogP contribution >= 0.6 is 0 Å². The summed E-state index contributed by atoms with van der Waals surface area (Å²) < 4.78 is 5.21. The van der Waals surface area contributed by atoms with Gasteiger partial charge < -0.3 is 20.6 Å². The number of carbonyl (C=O) groups is 1. The number of amides is 1. The van der Waals surface area contributed by atoms with Gasteiger partial charge in [0, 0.05) is 17.5 Å². The van der Waals surface area contributed by atoms with Crippen molar-refractivity contribution in [1.82, 2.24) is 5.32 Å². The molecule has 1 aromatic rings. The minimum atomic E-state index is -0.681. The minimum absolute atomic E-state index is 0.0150. The molecule has 4 fully saturated rings. The number of nitrogens with two attached hydrogens (primary N) is 1. The van der Waals surface area contributed by atoms with E-state index >= 15 is 0 Å². The van der Waals surface area contributed by atoms with Gasteiger partial charge in [0.2, 0.25) is 5.91 Å². The average molecular weight is 485 g/mol. The lowest BCUT2D eigenvalue weighted by atomic mass is 9.43. The SMILES string of the molecule is CC(C)C(N)C(=O)N[C@H]1CC[C@@]2(C)[C@H](CC[C@@H]3[C@@H]2CC[C@]2(C)[C@@H](c4ccc(=O)oc4)CC[C@]32O)C1. The van der Waals surface area contributed by atoms with Crippen LogP contribution in [0.2, 0.25) is 0 Å². The molecule has 4 N–H and O–H groups in total. The molecule has 6 nitrogen and oxygen atoms in total. The summed E-state index contributed by atoms with van der Waals surface area (Å²) in [5.41, 5.74) is 6.16. The van der Waals surface area contributed by atoms with Gasteiger partial charge in [-0.2, -0.15) is 0 Å². The number of nitrogens with one attached hydrogen (secondary N) is 1. The predicted molar refractivity (Wildman–Crippen MR) is 136 cm³/mol. The number of hydrogen-bond acceptors (Lipinski definition) is 5. The van der Waals surface area contributed by atoms with E-state index in [1.165, 1.54) is 6.07 Å². The van der Waals surface area contributed by atoms with Crippen LogP contribution in [-0.4, -0.2) is 28.7 Å². The van der Waals surface area contributed by atoms with Gasteiger partial charge in [-0.25, -0.2) is 4.79 Å². The van der Waals surface area contributed by atoms with Gasteiger partial charge in [0.25, 0.3) is 0 Å². The quantitative estimate of drug-likeness (QED) is 0.589. The first-order valence-electron chi connectivity index (χ1n) is 13.9. The minimum Gasteiger partial charge on any atom is -0.431 e. The number of hydrogen-bond donors (Lipinski definition) is 3. The van der Waals surface area contributed by atoms with E-state index in [1.807, 2.05) is 19.9 Å². The van der Waals surface area contributed by atoms with Crippen LogP contribution in [0, 0.1) is 34.5 Å². The highest BCUT2D eigenvalue weighted by Crippen LogP contribution is 2.70. The van der Waals surface area contributed by atoms with E-state index < -0.39 is 11.6 Å². The highest BCUT2D eigenvalue weighted by atomic mass is 16.4. The number of carbonyl (C=O) groups excluding carboxylic acids is 1. The first-order valence-corrected chi connectivity index (χ1v) is 13.9. The Kier molecular flexibility index (Phi) is 6.23. The fourth-order valence-corrected chi connectivity index (χ4v) is 9.06. The van der Waals surface area contributed by atoms with E-state index in [9.17, 15) is 14.7 Å². The number of fused-ring (bicyclic) bond motifs is 5. The molecule has 0 radical (unpaired) electrons. The molecule has 194 valence electrons. The largest absolute Gasteiger partial charge is 0.431 e. The van der Waals surface area contributed by atoms with Crippen LogP contribution in [0.3, 0.4) is 0 Å². The molecular formula is C29H44N2O4. The van der Waals surface area contributed by atoms with Gasteiger partial charge in [-0.05, 0) is 104 Å². The molecule has 1 heterocycles. The van der Waals surface area contributed by atoms with E-state index in [-0.39, 0.29) is 40.2 Å². The second-order valence-corrected chi connectivity index (χ2v) is 13.1. The number of rotatable bonds is 4. The molecule has 4 aliphatic carbocycles. The van der Waals surface area contributed by atoms with Crippen molar-refractivity contribution < 1.29 is 14.3 Å². The summed E-state index contributed by atoms with van der Waals surface area (Å²) >= 11 is 0. The Morgan fingerprint density at radius 2 is 1.86 bits per heavy atom. The Labute approximate surface area is 209 Å². The van der Waals surface area contributed by atoms with Gasteiger partial charge in [0.15, 0.2) is 0 Å². The van der Waals surface area contributed by atoms with Crippen LogP contribution in [0.5, 0.6) is 0 Å². The Morgan fingerprint density at radius 3 is 2.54 bits per heavy atom.